The maximum atomic E-state index is 12.3. The molecule has 0 bridgehead atoms. The van der Waals surface area contributed by atoms with E-state index in [0.717, 1.165) is 50.3 Å². The van der Waals surface area contributed by atoms with Gasteiger partial charge in [-0.3, -0.25) is 14.7 Å². The molecular formula is C24H29N5O3. The fraction of sp³-hybridized carbons (Fsp3) is 0.417. The Hall–Kier alpha value is -3.26. The van der Waals surface area contributed by atoms with Gasteiger partial charge >= 0.3 is 0 Å². The van der Waals surface area contributed by atoms with Crippen LogP contribution in [-0.2, 0) is 17.8 Å². The van der Waals surface area contributed by atoms with E-state index in [1.165, 1.54) is 5.56 Å². The first-order valence-electron chi connectivity index (χ1n) is 11.0. The van der Waals surface area contributed by atoms with Gasteiger partial charge in [0.2, 0.25) is 17.6 Å². The lowest BCUT2D eigenvalue weighted by molar-refractivity contribution is -0.121. The van der Waals surface area contributed by atoms with E-state index < -0.39 is 0 Å². The molecule has 1 aliphatic rings. The topological polar surface area (TPSA) is 93.4 Å². The number of carbonyl (C=O) groups excluding carboxylic acids is 1. The van der Waals surface area contributed by atoms with Crippen molar-refractivity contribution in [1.29, 1.82) is 0 Å². The smallest absolute Gasteiger partial charge is 0.227 e. The first-order chi connectivity index (χ1) is 15.7. The number of hydrogen-bond donors (Lipinski definition) is 1. The van der Waals surface area contributed by atoms with E-state index in [0.29, 0.717) is 30.5 Å². The van der Waals surface area contributed by atoms with E-state index in [9.17, 15) is 4.79 Å². The fourth-order valence-electron chi connectivity index (χ4n) is 3.88. The highest BCUT2D eigenvalue weighted by atomic mass is 16.5. The summed E-state index contributed by atoms with van der Waals surface area (Å²) in [6.45, 7) is 3.77. The summed E-state index contributed by atoms with van der Waals surface area (Å²) in [6, 6.07) is 11.9. The number of hydrogen-bond acceptors (Lipinski definition) is 7. The van der Waals surface area contributed by atoms with Crippen molar-refractivity contribution >= 4 is 5.91 Å². The Labute approximate surface area is 188 Å². The highest BCUT2D eigenvalue weighted by Gasteiger charge is 2.20. The third-order valence-corrected chi connectivity index (χ3v) is 5.83. The molecule has 2 aromatic heterocycles. The van der Waals surface area contributed by atoms with Crippen LogP contribution in [0.3, 0.4) is 0 Å². The van der Waals surface area contributed by atoms with Gasteiger partial charge in [0.25, 0.3) is 0 Å². The van der Waals surface area contributed by atoms with E-state index in [4.69, 9.17) is 9.26 Å². The molecule has 0 unspecified atom stereocenters. The summed E-state index contributed by atoms with van der Waals surface area (Å²) < 4.78 is 10.5. The molecule has 0 radical (unpaired) electrons. The fourth-order valence-corrected chi connectivity index (χ4v) is 3.88. The second kappa shape index (κ2) is 10.9. The zero-order chi connectivity index (χ0) is 22.2. The van der Waals surface area contributed by atoms with Gasteiger partial charge < -0.3 is 14.6 Å². The highest BCUT2D eigenvalue weighted by molar-refractivity contribution is 5.76. The number of likely N-dealkylation sites (tertiary alicyclic amines) is 1. The average molecular weight is 436 g/mol. The van der Waals surface area contributed by atoms with Gasteiger partial charge in [-0.05, 0) is 61.7 Å². The van der Waals surface area contributed by atoms with Gasteiger partial charge in [0, 0.05) is 43.9 Å². The van der Waals surface area contributed by atoms with Crippen LogP contribution in [0.4, 0.5) is 0 Å². The average Bonchev–Trinajstić information content (AvgIpc) is 3.32. The number of nitrogens with zero attached hydrogens (tertiary/aromatic N) is 4. The molecule has 8 nitrogen and oxygen atoms in total. The Balaban J connectivity index is 1.13. The summed E-state index contributed by atoms with van der Waals surface area (Å²) in [7, 11) is 1.68. The van der Waals surface area contributed by atoms with Crippen molar-refractivity contribution in [3.8, 4) is 17.1 Å². The number of aryl methyl sites for hydroxylation is 1. The molecule has 1 N–H and O–H groups in total. The number of amides is 1. The van der Waals surface area contributed by atoms with Crippen molar-refractivity contribution in [3.05, 3.63) is 60.2 Å². The molecule has 0 aliphatic carbocycles. The predicted octanol–water partition coefficient (Wildman–Crippen LogP) is 3.10. The molecule has 3 aromatic rings. The minimum atomic E-state index is 0.0225. The molecule has 1 amide bonds. The third-order valence-electron chi connectivity index (χ3n) is 5.83. The standard InChI is InChI=1S/C24H29N5O3/c1-31-21-4-2-19(3-5-21)17-29-14-10-18(11-15-29)16-26-22(30)6-7-23-27-24(28-32-23)20-8-12-25-13-9-20/h2-5,8-9,12-13,18H,6-7,10-11,14-17H2,1H3,(H,26,30). The monoisotopic (exact) mass is 435 g/mol. The number of aromatic nitrogens is 3. The second-order valence-electron chi connectivity index (χ2n) is 8.12. The molecule has 0 saturated carbocycles. The Morgan fingerprint density at radius 2 is 1.91 bits per heavy atom. The van der Waals surface area contributed by atoms with Crippen LogP contribution in [0.5, 0.6) is 5.75 Å². The number of carbonyl (C=O) groups is 1. The molecule has 1 fully saturated rings. The first kappa shape index (κ1) is 22.0. The normalized spacial score (nSPS) is 14.9. The summed E-state index contributed by atoms with van der Waals surface area (Å²) in [4.78, 5) is 23.1. The zero-order valence-corrected chi connectivity index (χ0v) is 18.4. The molecule has 1 aliphatic heterocycles. The van der Waals surface area contributed by atoms with E-state index in [1.807, 2.05) is 24.3 Å². The number of piperidine rings is 1. The van der Waals surface area contributed by atoms with Crippen molar-refractivity contribution in [3.63, 3.8) is 0 Å². The first-order valence-corrected chi connectivity index (χ1v) is 11.0. The van der Waals surface area contributed by atoms with E-state index in [-0.39, 0.29) is 5.91 Å². The van der Waals surface area contributed by atoms with Gasteiger partial charge in [0.15, 0.2) is 0 Å². The number of nitrogens with one attached hydrogen (secondary N) is 1. The van der Waals surface area contributed by atoms with E-state index in [1.54, 1.807) is 19.5 Å². The van der Waals surface area contributed by atoms with Crippen molar-refractivity contribution in [2.45, 2.75) is 32.2 Å². The predicted molar refractivity (Wildman–Crippen MR) is 120 cm³/mol. The summed E-state index contributed by atoms with van der Waals surface area (Å²) in [6.07, 6.45) is 6.33. The second-order valence-corrected chi connectivity index (χ2v) is 8.12. The number of rotatable bonds is 9. The molecule has 3 heterocycles. The Bertz CT molecular complexity index is 982. The number of methoxy groups -OCH3 is 1. The van der Waals surface area contributed by atoms with E-state index >= 15 is 0 Å². The molecule has 168 valence electrons. The van der Waals surface area contributed by atoms with Crippen LogP contribution in [0.15, 0.2) is 53.3 Å². The molecule has 8 heteroatoms. The van der Waals surface area contributed by atoms with Crippen LogP contribution < -0.4 is 10.1 Å². The van der Waals surface area contributed by atoms with Crippen LogP contribution in [0.2, 0.25) is 0 Å². The molecule has 32 heavy (non-hydrogen) atoms. The molecule has 0 spiro atoms. The van der Waals surface area contributed by atoms with Crippen LogP contribution >= 0.6 is 0 Å². The summed E-state index contributed by atoms with van der Waals surface area (Å²) in [5.74, 6) is 2.42. The number of benzene rings is 1. The van der Waals surface area contributed by atoms with Crippen LogP contribution in [-0.4, -0.2) is 52.7 Å². The van der Waals surface area contributed by atoms with Gasteiger partial charge in [0.05, 0.1) is 7.11 Å². The van der Waals surface area contributed by atoms with Crippen molar-refractivity contribution in [2.24, 2.45) is 5.92 Å². The summed E-state index contributed by atoms with van der Waals surface area (Å²) in [5.41, 5.74) is 2.14. The minimum Gasteiger partial charge on any atom is -0.497 e. The maximum absolute atomic E-state index is 12.3. The lowest BCUT2D eigenvalue weighted by Gasteiger charge is -2.32. The largest absolute Gasteiger partial charge is 0.497 e. The number of pyridine rings is 1. The van der Waals surface area contributed by atoms with Crippen molar-refractivity contribution in [1.82, 2.24) is 25.3 Å². The van der Waals surface area contributed by atoms with Gasteiger partial charge in [0.1, 0.15) is 5.75 Å². The van der Waals surface area contributed by atoms with Gasteiger partial charge in [-0.25, -0.2) is 0 Å². The van der Waals surface area contributed by atoms with Crippen LogP contribution in [0.25, 0.3) is 11.4 Å². The highest BCUT2D eigenvalue weighted by Crippen LogP contribution is 2.20. The van der Waals surface area contributed by atoms with Gasteiger partial charge in [-0.15, -0.1) is 0 Å². The van der Waals surface area contributed by atoms with Crippen LogP contribution in [0.1, 0.15) is 30.7 Å². The van der Waals surface area contributed by atoms with Gasteiger partial charge in [-0.2, -0.15) is 4.98 Å². The SMILES string of the molecule is COc1ccc(CN2CCC(CNC(=O)CCc3nc(-c4ccncc4)no3)CC2)cc1. The number of ether oxygens (including phenoxy) is 1. The lowest BCUT2D eigenvalue weighted by Crippen LogP contribution is -2.38. The van der Waals surface area contributed by atoms with E-state index in [2.05, 4.69) is 37.5 Å². The molecular weight excluding hydrogens is 406 g/mol. The van der Waals surface area contributed by atoms with Gasteiger partial charge in [-0.1, -0.05) is 17.3 Å². The quantitative estimate of drug-likeness (QED) is 0.552. The maximum Gasteiger partial charge on any atom is 0.227 e. The minimum absolute atomic E-state index is 0.0225. The zero-order valence-electron chi connectivity index (χ0n) is 18.4. The van der Waals surface area contributed by atoms with Crippen molar-refractivity contribution < 1.29 is 14.1 Å². The van der Waals surface area contributed by atoms with Crippen LogP contribution in [0, 0.1) is 5.92 Å². The third kappa shape index (κ3) is 6.13. The Kier molecular flexibility index (Phi) is 7.45. The summed E-state index contributed by atoms with van der Waals surface area (Å²) in [5, 5.41) is 7.04. The summed E-state index contributed by atoms with van der Waals surface area (Å²) >= 11 is 0. The Morgan fingerprint density at radius 3 is 2.62 bits per heavy atom. The molecule has 1 saturated heterocycles. The lowest BCUT2D eigenvalue weighted by atomic mass is 9.96. The molecule has 4 rings (SSSR count). The molecule has 1 aromatic carbocycles. The van der Waals surface area contributed by atoms with Crippen molar-refractivity contribution in [2.75, 3.05) is 26.7 Å². The Morgan fingerprint density at radius 1 is 1.16 bits per heavy atom. The molecule has 0 atom stereocenters.